The molecule has 0 fully saturated rings. The third-order valence-corrected chi connectivity index (χ3v) is 3.76. The molecule has 0 saturated carbocycles. The summed E-state index contributed by atoms with van der Waals surface area (Å²) in [7, 11) is -1.53. The van der Waals surface area contributed by atoms with Crippen LogP contribution in [-0.2, 0) is 19.6 Å². The molecule has 1 atom stereocenters. The fourth-order valence-corrected chi connectivity index (χ4v) is 3.38. The molecule has 0 amide bonds. The molecule has 1 unspecified atom stereocenters. The molecule has 0 spiro atoms. The summed E-state index contributed by atoms with van der Waals surface area (Å²) in [5, 5.41) is 0. The van der Waals surface area contributed by atoms with Gasteiger partial charge in [-0.1, -0.05) is 30.3 Å². The van der Waals surface area contributed by atoms with Crippen molar-refractivity contribution in [1.29, 1.82) is 0 Å². The van der Waals surface area contributed by atoms with Crippen LogP contribution in [0.3, 0.4) is 0 Å². The summed E-state index contributed by atoms with van der Waals surface area (Å²) in [4.78, 5) is 11.5. The van der Waals surface area contributed by atoms with Gasteiger partial charge in [0.1, 0.15) is 0 Å². The molecule has 0 aliphatic rings. The SMILES string of the molecule is COC(=O)CC(O[Si](C)(C)C)(c1ccccc1)C(F)(F)F. The van der Waals surface area contributed by atoms with E-state index in [1.54, 1.807) is 25.7 Å². The average molecular weight is 320 g/mol. The molecule has 0 radical (unpaired) electrons. The highest BCUT2D eigenvalue weighted by Gasteiger charge is 2.60. The van der Waals surface area contributed by atoms with Crippen molar-refractivity contribution in [3.8, 4) is 0 Å². The Labute approximate surface area is 123 Å². The van der Waals surface area contributed by atoms with E-state index in [9.17, 15) is 18.0 Å². The lowest BCUT2D eigenvalue weighted by Crippen LogP contribution is -2.52. The summed E-state index contributed by atoms with van der Waals surface area (Å²) in [5.74, 6) is -0.963. The van der Waals surface area contributed by atoms with Crippen LogP contribution in [0.1, 0.15) is 12.0 Å². The molecule has 1 aromatic rings. The fraction of sp³-hybridized carbons (Fsp3) is 0.500. The van der Waals surface area contributed by atoms with Gasteiger partial charge in [-0.2, -0.15) is 13.2 Å². The summed E-state index contributed by atoms with van der Waals surface area (Å²) in [6.07, 6.45) is -5.63. The first-order valence-electron chi connectivity index (χ1n) is 6.41. The summed E-state index contributed by atoms with van der Waals surface area (Å²) >= 11 is 0. The predicted octanol–water partition coefficient (Wildman–Crippen LogP) is 3.86. The van der Waals surface area contributed by atoms with Crippen LogP contribution in [0.15, 0.2) is 30.3 Å². The summed E-state index contributed by atoms with van der Waals surface area (Å²) < 4.78 is 51.2. The number of carbonyl (C=O) groups is 1. The van der Waals surface area contributed by atoms with Crippen molar-refractivity contribution < 1.29 is 27.1 Å². The molecule has 21 heavy (non-hydrogen) atoms. The molecule has 0 heterocycles. The van der Waals surface area contributed by atoms with Crippen LogP contribution in [0.4, 0.5) is 13.2 Å². The number of hydrogen-bond acceptors (Lipinski definition) is 3. The summed E-state index contributed by atoms with van der Waals surface area (Å²) in [6, 6.07) is 7.21. The second-order valence-corrected chi connectivity index (χ2v) is 10.1. The number of rotatable bonds is 5. The Morgan fingerprint density at radius 2 is 1.67 bits per heavy atom. The molecule has 1 rings (SSSR count). The van der Waals surface area contributed by atoms with Gasteiger partial charge < -0.3 is 9.16 Å². The van der Waals surface area contributed by atoms with Crippen LogP contribution in [0.5, 0.6) is 0 Å². The Hall–Kier alpha value is -1.34. The van der Waals surface area contributed by atoms with Gasteiger partial charge in [-0.15, -0.1) is 0 Å². The number of halogens is 3. The lowest BCUT2D eigenvalue weighted by Gasteiger charge is -2.40. The zero-order chi connectivity index (χ0) is 16.3. The highest BCUT2D eigenvalue weighted by Crippen LogP contribution is 2.46. The van der Waals surface area contributed by atoms with Crippen LogP contribution >= 0.6 is 0 Å². The Morgan fingerprint density at radius 3 is 2.05 bits per heavy atom. The van der Waals surface area contributed by atoms with Gasteiger partial charge in [0.2, 0.25) is 0 Å². The van der Waals surface area contributed by atoms with Gasteiger partial charge in [-0.05, 0) is 25.2 Å². The maximum Gasteiger partial charge on any atom is 0.421 e. The van der Waals surface area contributed by atoms with Gasteiger partial charge >= 0.3 is 12.1 Å². The van der Waals surface area contributed by atoms with Crippen molar-refractivity contribution in [2.45, 2.75) is 37.8 Å². The molecule has 118 valence electrons. The van der Waals surface area contributed by atoms with Crippen molar-refractivity contribution in [1.82, 2.24) is 0 Å². The normalized spacial score (nSPS) is 15.4. The first-order valence-corrected chi connectivity index (χ1v) is 9.82. The van der Waals surface area contributed by atoms with Crippen LogP contribution in [0, 0.1) is 0 Å². The van der Waals surface area contributed by atoms with E-state index in [1.807, 2.05) is 0 Å². The molecule has 7 heteroatoms. The minimum atomic E-state index is -4.73. The number of ether oxygens (including phenoxy) is 1. The van der Waals surface area contributed by atoms with E-state index >= 15 is 0 Å². The summed E-state index contributed by atoms with van der Waals surface area (Å²) in [5.41, 5.74) is -2.77. The number of hydrogen-bond donors (Lipinski definition) is 0. The molecule has 0 aromatic heterocycles. The largest absolute Gasteiger partial charge is 0.469 e. The van der Waals surface area contributed by atoms with E-state index in [0.717, 1.165) is 7.11 Å². The van der Waals surface area contributed by atoms with Crippen LogP contribution in [0.2, 0.25) is 19.6 Å². The highest BCUT2D eigenvalue weighted by atomic mass is 28.4. The molecule has 0 aliphatic heterocycles. The average Bonchev–Trinajstić information content (AvgIpc) is 2.35. The van der Waals surface area contributed by atoms with Crippen molar-refractivity contribution in [2.75, 3.05) is 7.11 Å². The molecular weight excluding hydrogens is 301 g/mol. The maximum absolute atomic E-state index is 13.8. The zero-order valence-electron chi connectivity index (χ0n) is 12.5. The van der Waals surface area contributed by atoms with Gasteiger partial charge in [0, 0.05) is 0 Å². The molecular formula is C14H19F3O3Si. The van der Waals surface area contributed by atoms with Gasteiger partial charge in [-0.25, -0.2) is 0 Å². The number of methoxy groups -OCH3 is 1. The predicted molar refractivity (Wildman–Crippen MR) is 75.2 cm³/mol. The minimum Gasteiger partial charge on any atom is -0.469 e. The Balaban J connectivity index is 3.45. The van der Waals surface area contributed by atoms with Crippen molar-refractivity contribution in [3.63, 3.8) is 0 Å². The minimum absolute atomic E-state index is 0.0923. The number of alkyl halides is 3. The zero-order valence-corrected chi connectivity index (χ0v) is 13.5. The first-order chi connectivity index (χ1) is 9.52. The second-order valence-electron chi connectivity index (χ2n) is 5.66. The number of esters is 1. The first kappa shape index (κ1) is 17.7. The highest BCUT2D eigenvalue weighted by molar-refractivity contribution is 6.69. The summed E-state index contributed by atoms with van der Waals surface area (Å²) in [6.45, 7) is 4.94. The third-order valence-electron chi connectivity index (χ3n) is 2.80. The monoisotopic (exact) mass is 320 g/mol. The molecule has 0 saturated heterocycles. The molecule has 0 bridgehead atoms. The van der Waals surface area contributed by atoms with E-state index < -0.39 is 32.5 Å². The third kappa shape index (κ3) is 4.31. The van der Waals surface area contributed by atoms with Gasteiger partial charge in [0.25, 0.3) is 0 Å². The van der Waals surface area contributed by atoms with E-state index in [1.165, 1.54) is 24.3 Å². The quantitative estimate of drug-likeness (QED) is 0.610. The van der Waals surface area contributed by atoms with Crippen molar-refractivity contribution in [3.05, 3.63) is 35.9 Å². The Kier molecular flexibility index (Phi) is 5.22. The van der Waals surface area contributed by atoms with Crippen LogP contribution in [-0.4, -0.2) is 27.6 Å². The Morgan fingerprint density at radius 1 is 1.14 bits per heavy atom. The standard InChI is InChI=1S/C14H19F3O3Si/c1-19-12(18)10-13(14(15,16)17,20-21(2,3)4)11-8-6-5-7-9-11/h5-9H,10H2,1-4H3. The fourth-order valence-electron chi connectivity index (χ4n) is 2.02. The Bertz CT molecular complexity index is 482. The molecule has 1 aromatic carbocycles. The smallest absolute Gasteiger partial charge is 0.421 e. The lowest BCUT2D eigenvalue weighted by atomic mass is 9.90. The van der Waals surface area contributed by atoms with E-state index in [-0.39, 0.29) is 5.56 Å². The topological polar surface area (TPSA) is 35.5 Å². The molecule has 3 nitrogen and oxygen atoms in total. The number of benzene rings is 1. The van der Waals surface area contributed by atoms with Gasteiger partial charge in [0.15, 0.2) is 13.9 Å². The maximum atomic E-state index is 13.8. The van der Waals surface area contributed by atoms with Crippen LogP contribution < -0.4 is 0 Å². The van der Waals surface area contributed by atoms with Crippen molar-refractivity contribution in [2.24, 2.45) is 0 Å². The van der Waals surface area contributed by atoms with Crippen molar-refractivity contribution >= 4 is 14.3 Å². The van der Waals surface area contributed by atoms with E-state index in [2.05, 4.69) is 4.74 Å². The molecule has 0 N–H and O–H groups in total. The van der Waals surface area contributed by atoms with Crippen LogP contribution in [0.25, 0.3) is 0 Å². The molecule has 0 aliphatic carbocycles. The van der Waals surface area contributed by atoms with E-state index in [4.69, 9.17) is 4.43 Å². The number of carbonyl (C=O) groups excluding carboxylic acids is 1. The van der Waals surface area contributed by atoms with Gasteiger partial charge in [-0.3, -0.25) is 4.79 Å². The second kappa shape index (κ2) is 6.19. The van der Waals surface area contributed by atoms with E-state index in [0.29, 0.717) is 0 Å². The van der Waals surface area contributed by atoms with Gasteiger partial charge in [0.05, 0.1) is 13.5 Å². The lowest BCUT2D eigenvalue weighted by molar-refractivity contribution is -0.261.